The molecule has 3 heterocycles. The molecule has 2 aliphatic rings. The Labute approximate surface area is 139 Å². The van der Waals surface area contributed by atoms with Crippen molar-refractivity contribution in [1.29, 1.82) is 0 Å². The first-order valence-corrected chi connectivity index (χ1v) is 8.72. The van der Waals surface area contributed by atoms with Crippen LogP contribution in [0.1, 0.15) is 29.1 Å². The minimum absolute atomic E-state index is 0.0662. The van der Waals surface area contributed by atoms with Gasteiger partial charge in [0, 0.05) is 24.3 Å². The van der Waals surface area contributed by atoms with Gasteiger partial charge in [0.25, 0.3) is 5.91 Å². The summed E-state index contributed by atoms with van der Waals surface area (Å²) >= 11 is 1.42. The van der Waals surface area contributed by atoms with Gasteiger partial charge in [-0.05, 0) is 37.0 Å². The molecule has 6 heteroatoms. The first-order valence-electron chi connectivity index (χ1n) is 7.90. The molecule has 1 aromatic carbocycles. The zero-order valence-electron chi connectivity index (χ0n) is 12.9. The number of aromatic nitrogens is 1. The summed E-state index contributed by atoms with van der Waals surface area (Å²) in [5.41, 5.74) is 1.02. The molecule has 4 rings (SSSR count). The lowest BCUT2D eigenvalue weighted by Crippen LogP contribution is -2.42. The molecule has 0 unspecified atom stereocenters. The molecule has 0 radical (unpaired) electrons. The predicted molar refractivity (Wildman–Crippen MR) is 89.9 cm³/mol. The molecule has 1 amide bonds. The van der Waals surface area contributed by atoms with E-state index in [9.17, 15) is 4.79 Å². The van der Waals surface area contributed by atoms with Gasteiger partial charge in [-0.1, -0.05) is 12.1 Å². The van der Waals surface area contributed by atoms with Crippen molar-refractivity contribution in [3.8, 4) is 16.2 Å². The molecule has 1 aromatic heterocycles. The minimum atomic E-state index is -0.0662. The van der Waals surface area contributed by atoms with Crippen LogP contribution < -0.4 is 15.4 Å². The molecule has 120 valence electrons. The molecular weight excluding hydrogens is 310 g/mol. The lowest BCUT2D eigenvalue weighted by atomic mass is 9.95. The maximum Gasteiger partial charge on any atom is 0.280 e. The molecule has 0 spiro atoms. The van der Waals surface area contributed by atoms with Crippen molar-refractivity contribution in [2.24, 2.45) is 0 Å². The Morgan fingerprint density at radius 2 is 2.35 bits per heavy atom. The molecule has 2 aromatic rings. The van der Waals surface area contributed by atoms with E-state index in [0.717, 1.165) is 29.0 Å². The fourth-order valence-electron chi connectivity index (χ4n) is 3.50. The fourth-order valence-corrected chi connectivity index (χ4v) is 4.32. The van der Waals surface area contributed by atoms with E-state index in [1.165, 1.54) is 17.8 Å². The van der Waals surface area contributed by atoms with Gasteiger partial charge in [0.2, 0.25) is 0 Å². The average molecular weight is 329 g/mol. The Bertz CT molecular complexity index is 730. The number of amides is 1. The monoisotopic (exact) mass is 329 g/mol. The quantitative estimate of drug-likeness (QED) is 0.904. The van der Waals surface area contributed by atoms with E-state index in [1.807, 2.05) is 24.3 Å². The second kappa shape index (κ2) is 5.94. The highest BCUT2D eigenvalue weighted by Gasteiger charge is 2.39. The maximum atomic E-state index is 12.4. The molecule has 5 nitrogen and oxygen atoms in total. The number of thiazole rings is 1. The van der Waals surface area contributed by atoms with Crippen LogP contribution in [-0.2, 0) is 0 Å². The van der Waals surface area contributed by atoms with Gasteiger partial charge < -0.3 is 15.4 Å². The SMILES string of the molecule is COc1cccc(-c2cnc(C(=O)N[C@@H]3C[C@H]4CC[C@@H]3N4)s2)c1. The van der Waals surface area contributed by atoms with Crippen LogP contribution >= 0.6 is 11.3 Å². The smallest absolute Gasteiger partial charge is 0.280 e. The van der Waals surface area contributed by atoms with Crippen LogP contribution in [-0.4, -0.2) is 36.1 Å². The standard InChI is InChI=1S/C17H19N3O2S/c1-22-12-4-2-3-10(7-12)15-9-18-17(23-15)16(21)20-14-8-11-5-6-13(14)19-11/h2-4,7,9,11,13-14,19H,5-6,8H2,1H3,(H,20,21)/t11-,13+,14-/m1/s1. The molecule has 2 N–H and O–H groups in total. The lowest BCUT2D eigenvalue weighted by Gasteiger charge is -2.20. The molecule has 2 aliphatic heterocycles. The number of ether oxygens (including phenoxy) is 1. The van der Waals surface area contributed by atoms with E-state index in [0.29, 0.717) is 17.1 Å². The number of hydrogen-bond acceptors (Lipinski definition) is 5. The van der Waals surface area contributed by atoms with Crippen molar-refractivity contribution in [3.63, 3.8) is 0 Å². The first kappa shape index (κ1) is 14.7. The van der Waals surface area contributed by atoms with Crippen molar-refractivity contribution in [1.82, 2.24) is 15.6 Å². The summed E-state index contributed by atoms with van der Waals surface area (Å²) in [4.78, 5) is 17.7. The number of carbonyl (C=O) groups is 1. The predicted octanol–water partition coefficient (Wildman–Crippen LogP) is 2.44. The summed E-state index contributed by atoms with van der Waals surface area (Å²) in [6.45, 7) is 0. The molecule has 2 fully saturated rings. The Morgan fingerprint density at radius 1 is 1.43 bits per heavy atom. The molecular formula is C17H19N3O2S. The zero-order chi connectivity index (χ0) is 15.8. The second-order valence-corrected chi connectivity index (χ2v) is 7.16. The van der Waals surface area contributed by atoms with Crippen molar-refractivity contribution < 1.29 is 9.53 Å². The normalized spacial score (nSPS) is 25.5. The topological polar surface area (TPSA) is 63.2 Å². The summed E-state index contributed by atoms with van der Waals surface area (Å²) < 4.78 is 5.25. The van der Waals surface area contributed by atoms with E-state index in [-0.39, 0.29) is 11.9 Å². The van der Waals surface area contributed by atoms with Gasteiger partial charge in [0.15, 0.2) is 5.01 Å². The molecule has 2 bridgehead atoms. The minimum Gasteiger partial charge on any atom is -0.497 e. The third kappa shape index (κ3) is 2.84. The first-order chi connectivity index (χ1) is 11.2. The number of nitrogens with zero attached hydrogens (tertiary/aromatic N) is 1. The Balaban J connectivity index is 1.47. The number of benzene rings is 1. The zero-order valence-corrected chi connectivity index (χ0v) is 13.7. The van der Waals surface area contributed by atoms with Gasteiger partial charge in [-0.3, -0.25) is 4.79 Å². The summed E-state index contributed by atoms with van der Waals surface area (Å²) in [7, 11) is 1.65. The Morgan fingerprint density at radius 3 is 3.09 bits per heavy atom. The number of rotatable bonds is 4. The number of hydrogen-bond donors (Lipinski definition) is 2. The van der Waals surface area contributed by atoms with Gasteiger partial charge in [-0.15, -0.1) is 11.3 Å². The Kier molecular flexibility index (Phi) is 3.79. The van der Waals surface area contributed by atoms with Crippen LogP contribution in [0.4, 0.5) is 0 Å². The van der Waals surface area contributed by atoms with Crippen LogP contribution in [0, 0.1) is 0 Å². The van der Waals surface area contributed by atoms with Crippen molar-refractivity contribution in [2.45, 2.75) is 37.4 Å². The maximum absolute atomic E-state index is 12.4. The highest BCUT2D eigenvalue weighted by molar-refractivity contribution is 7.17. The van der Waals surface area contributed by atoms with Crippen LogP contribution in [0.25, 0.3) is 10.4 Å². The highest BCUT2D eigenvalue weighted by atomic mass is 32.1. The van der Waals surface area contributed by atoms with E-state index in [2.05, 4.69) is 15.6 Å². The van der Waals surface area contributed by atoms with Crippen LogP contribution in [0.15, 0.2) is 30.5 Å². The number of fused-ring (bicyclic) bond motifs is 2. The van der Waals surface area contributed by atoms with E-state index in [1.54, 1.807) is 13.3 Å². The number of carbonyl (C=O) groups excluding carboxylic acids is 1. The molecule has 0 aliphatic carbocycles. The van der Waals surface area contributed by atoms with E-state index >= 15 is 0 Å². The molecule has 3 atom stereocenters. The van der Waals surface area contributed by atoms with Crippen LogP contribution in [0.2, 0.25) is 0 Å². The third-order valence-electron chi connectivity index (χ3n) is 4.67. The van der Waals surface area contributed by atoms with E-state index < -0.39 is 0 Å². The van der Waals surface area contributed by atoms with Gasteiger partial charge in [-0.25, -0.2) is 4.98 Å². The average Bonchev–Trinajstić information content (AvgIpc) is 3.31. The second-order valence-electron chi connectivity index (χ2n) is 6.12. The molecule has 23 heavy (non-hydrogen) atoms. The molecule has 0 saturated carbocycles. The summed E-state index contributed by atoms with van der Waals surface area (Å²) in [6.07, 6.45) is 5.18. The summed E-state index contributed by atoms with van der Waals surface area (Å²) in [5, 5.41) is 7.19. The van der Waals surface area contributed by atoms with Gasteiger partial charge >= 0.3 is 0 Å². The van der Waals surface area contributed by atoms with Gasteiger partial charge in [-0.2, -0.15) is 0 Å². The highest BCUT2D eigenvalue weighted by Crippen LogP contribution is 2.30. The van der Waals surface area contributed by atoms with Gasteiger partial charge in [0.05, 0.1) is 12.0 Å². The van der Waals surface area contributed by atoms with Crippen LogP contribution in [0.3, 0.4) is 0 Å². The molecule has 2 saturated heterocycles. The number of nitrogens with one attached hydrogen (secondary N) is 2. The van der Waals surface area contributed by atoms with E-state index in [4.69, 9.17) is 4.74 Å². The Hall–Kier alpha value is -1.92. The third-order valence-corrected chi connectivity index (χ3v) is 5.72. The summed E-state index contributed by atoms with van der Waals surface area (Å²) in [5.74, 6) is 0.735. The number of methoxy groups -OCH3 is 1. The largest absolute Gasteiger partial charge is 0.497 e. The van der Waals surface area contributed by atoms with Gasteiger partial charge in [0.1, 0.15) is 5.75 Å². The van der Waals surface area contributed by atoms with Crippen LogP contribution in [0.5, 0.6) is 5.75 Å². The fraction of sp³-hybridized carbons (Fsp3) is 0.412. The van der Waals surface area contributed by atoms with Crippen molar-refractivity contribution in [2.75, 3.05) is 7.11 Å². The van der Waals surface area contributed by atoms with Crippen molar-refractivity contribution >= 4 is 17.2 Å². The van der Waals surface area contributed by atoms with Crippen molar-refractivity contribution in [3.05, 3.63) is 35.5 Å². The lowest BCUT2D eigenvalue weighted by molar-refractivity contribution is 0.0930. The summed E-state index contributed by atoms with van der Waals surface area (Å²) in [6, 6.07) is 9.04.